The zero-order valence-corrected chi connectivity index (χ0v) is 11.9. The fourth-order valence-corrected chi connectivity index (χ4v) is 2.64. The van der Waals surface area contributed by atoms with E-state index < -0.39 is 0 Å². The van der Waals surface area contributed by atoms with Crippen LogP contribution in [0.3, 0.4) is 0 Å². The normalized spacial score (nSPS) is 10.2. The number of para-hydroxylation sites is 2. The van der Waals surface area contributed by atoms with Crippen molar-refractivity contribution in [3.8, 4) is 0 Å². The standard InChI is InChI=1S/C13H14N2OS2/c1-15(2)11-6-4-3-5-10(11)14-13(16)12-7-9(17)8-18-12/h3-8,17H,1-2H3,(H,14,16). The zero-order chi connectivity index (χ0) is 13.1. The van der Waals surface area contributed by atoms with Crippen LogP contribution in [0.5, 0.6) is 0 Å². The highest BCUT2D eigenvalue weighted by Crippen LogP contribution is 2.25. The van der Waals surface area contributed by atoms with Gasteiger partial charge >= 0.3 is 0 Å². The summed E-state index contributed by atoms with van der Waals surface area (Å²) in [6.07, 6.45) is 0. The highest BCUT2D eigenvalue weighted by Gasteiger charge is 2.11. The highest BCUT2D eigenvalue weighted by atomic mass is 32.1. The fraction of sp³-hybridized carbons (Fsp3) is 0.154. The van der Waals surface area contributed by atoms with Gasteiger partial charge in [-0.15, -0.1) is 24.0 Å². The van der Waals surface area contributed by atoms with Crippen LogP contribution in [0.4, 0.5) is 11.4 Å². The molecule has 94 valence electrons. The van der Waals surface area contributed by atoms with Crippen LogP contribution < -0.4 is 10.2 Å². The van der Waals surface area contributed by atoms with Gasteiger partial charge in [-0.05, 0) is 18.2 Å². The third kappa shape index (κ3) is 2.86. The molecule has 0 aliphatic rings. The SMILES string of the molecule is CN(C)c1ccccc1NC(=O)c1cc(S)cs1. The molecule has 2 aromatic rings. The number of thiophene rings is 1. The van der Waals surface area contributed by atoms with Gasteiger partial charge in [0.2, 0.25) is 0 Å². The molecule has 0 saturated heterocycles. The minimum absolute atomic E-state index is 0.102. The predicted octanol–water partition coefficient (Wildman–Crippen LogP) is 3.36. The molecule has 0 bridgehead atoms. The summed E-state index contributed by atoms with van der Waals surface area (Å²) < 4.78 is 0. The summed E-state index contributed by atoms with van der Waals surface area (Å²) in [5.74, 6) is -0.102. The van der Waals surface area contributed by atoms with E-state index in [2.05, 4.69) is 17.9 Å². The topological polar surface area (TPSA) is 32.3 Å². The van der Waals surface area contributed by atoms with Crippen molar-refractivity contribution < 1.29 is 4.79 Å². The Morgan fingerprint density at radius 3 is 2.67 bits per heavy atom. The fourth-order valence-electron chi connectivity index (χ4n) is 1.60. The number of rotatable bonds is 3. The summed E-state index contributed by atoms with van der Waals surface area (Å²) in [4.78, 5) is 15.5. The van der Waals surface area contributed by atoms with Crippen LogP contribution in [0.1, 0.15) is 9.67 Å². The number of benzene rings is 1. The van der Waals surface area contributed by atoms with Crippen LogP contribution in [0, 0.1) is 0 Å². The molecule has 0 saturated carbocycles. The monoisotopic (exact) mass is 278 g/mol. The number of carbonyl (C=O) groups is 1. The van der Waals surface area contributed by atoms with Gasteiger partial charge in [-0.1, -0.05) is 12.1 Å². The van der Waals surface area contributed by atoms with Crippen LogP contribution in [0.25, 0.3) is 0 Å². The average molecular weight is 278 g/mol. The Morgan fingerprint density at radius 2 is 2.06 bits per heavy atom. The zero-order valence-electron chi connectivity index (χ0n) is 10.2. The first-order chi connectivity index (χ1) is 8.58. The predicted molar refractivity (Wildman–Crippen MR) is 80.3 cm³/mol. The van der Waals surface area contributed by atoms with Crippen molar-refractivity contribution in [2.24, 2.45) is 0 Å². The number of hydrogen-bond acceptors (Lipinski definition) is 4. The molecule has 1 heterocycles. The lowest BCUT2D eigenvalue weighted by Gasteiger charge is -2.17. The molecule has 1 aromatic carbocycles. The molecule has 1 amide bonds. The van der Waals surface area contributed by atoms with Gasteiger partial charge in [0.05, 0.1) is 16.3 Å². The maximum atomic E-state index is 12.0. The first-order valence-corrected chi connectivity index (χ1v) is 6.76. The van der Waals surface area contributed by atoms with E-state index in [9.17, 15) is 4.79 Å². The van der Waals surface area contributed by atoms with Gasteiger partial charge in [-0.25, -0.2) is 0 Å². The lowest BCUT2D eigenvalue weighted by atomic mass is 10.2. The third-order valence-electron chi connectivity index (χ3n) is 2.44. The molecule has 0 spiro atoms. The largest absolute Gasteiger partial charge is 0.376 e. The van der Waals surface area contributed by atoms with E-state index in [4.69, 9.17) is 0 Å². The van der Waals surface area contributed by atoms with Crippen molar-refractivity contribution in [2.75, 3.05) is 24.3 Å². The summed E-state index contributed by atoms with van der Waals surface area (Å²) >= 11 is 5.59. The van der Waals surface area contributed by atoms with E-state index in [0.29, 0.717) is 4.88 Å². The quantitative estimate of drug-likeness (QED) is 0.844. The van der Waals surface area contributed by atoms with Crippen molar-refractivity contribution in [3.05, 3.63) is 40.6 Å². The molecule has 0 atom stereocenters. The highest BCUT2D eigenvalue weighted by molar-refractivity contribution is 7.80. The van der Waals surface area contributed by atoms with E-state index in [1.165, 1.54) is 11.3 Å². The van der Waals surface area contributed by atoms with E-state index in [1.54, 1.807) is 6.07 Å². The Labute approximate surface area is 116 Å². The van der Waals surface area contributed by atoms with E-state index in [-0.39, 0.29) is 5.91 Å². The molecule has 1 aromatic heterocycles. The molecule has 2 rings (SSSR count). The maximum absolute atomic E-state index is 12.0. The summed E-state index contributed by atoms with van der Waals surface area (Å²) in [5, 5.41) is 4.76. The molecular weight excluding hydrogens is 264 g/mol. The number of thiol groups is 1. The smallest absolute Gasteiger partial charge is 0.265 e. The maximum Gasteiger partial charge on any atom is 0.265 e. The van der Waals surface area contributed by atoms with Crippen LogP contribution in [-0.2, 0) is 0 Å². The van der Waals surface area contributed by atoms with Crippen LogP contribution in [0.15, 0.2) is 40.6 Å². The van der Waals surface area contributed by atoms with Crippen LogP contribution in [0.2, 0.25) is 0 Å². The molecule has 18 heavy (non-hydrogen) atoms. The number of hydrogen-bond donors (Lipinski definition) is 2. The van der Waals surface area contributed by atoms with E-state index in [1.807, 2.05) is 48.6 Å². The van der Waals surface area contributed by atoms with Gasteiger partial charge in [0.15, 0.2) is 0 Å². The Morgan fingerprint density at radius 1 is 1.33 bits per heavy atom. The van der Waals surface area contributed by atoms with Crippen molar-refractivity contribution >= 4 is 41.2 Å². The van der Waals surface area contributed by atoms with Crippen molar-refractivity contribution in [2.45, 2.75) is 4.90 Å². The van der Waals surface area contributed by atoms with Crippen LogP contribution >= 0.6 is 24.0 Å². The minimum Gasteiger partial charge on any atom is -0.376 e. The van der Waals surface area contributed by atoms with Gasteiger partial charge < -0.3 is 10.2 Å². The van der Waals surface area contributed by atoms with Crippen molar-refractivity contribution in [1.82, 2.24) is 0 Å². The van der Waals surface area contributed by atoms with Crippen molar-refractivity contribution in [3.63, 3.8) is 0 Å². The Kier molecular flexibility index (Phi) is 3.93. The number of nitrogens with one attached hydrogen (secondary N) is 1. The van der Waals surface area contributed by atoms with E-state index in [0.717, 1.165) is 16.3 Å². The lowest BCUT2D eigenvalue weighted by molar-refractivity contribution is 0.103. The first kappa shape index (κ1) is 13.0. The Hall–Kier alpha value is -1.46. The first-order valence-electron chi connectivity index (χ1n) is 5.43. The average Bonchev–Trinajstić information content (AvgIpc) is 2.76. The van der Waals surface area contributed by atoms with Gasteiger partial charge in [-0.3, -0.25) is 4.79 Å². The molecule has 0 aliphatic heterocycles. The Balaban J connectivity index is 2.22. The third-order valence-corrected chi connectivity index (χ3v) is 3.81. The minimum atomic E-state index is -0.102. The number of nitrogens with zero attached hydrogens (tertiary/aromatic N) is 1. The number of carbonyl (C=O) groups excluding carboxylic acids is 1. The van der Waals surface area contributed by atoms with Crippen molar-refractivity contribution in [1.29, 1.82) is 0 Å². The van der Waals surface area contributed by atoms with Gasteiger partial charge in [0.25, 0.3) is 5.91 Å². The number of anilines is 2. The summed E-state index contributed by atoms with van der Waals surface area (Å²) in [6.45, 7) is 0. The molecule has 3 nitrogen and oxygen atoms in total. The van der Waals surface area contributed by atoms with Gasteiger partial charge in [0.1, 0.15) is 0 Å². The lowest BCUT2D eigenvalue weighted by Crippen LogP contribution is -2.15. The Bertz CT molecular complexity index is 564. The van der Waals surface area contributed by atoms with Gasteiger partial charge in [0, 0.05) is 24.4 Å². The molecule has 0 aliphatic carbocycles. The second kappa shape index (κ2) is 5.46. The summed E-state index contributed by atoms with van der Waals surface area (Å²) in [5.41, 5.74) is 1.79. The van der Waals surface area contributed by atoms with Crippen LogP contribution in [-0.4, -0.2) is 20.0 Å². The molecule has 0 fully saturated rings. The molecular formula is C13H14N2OS2. The molecule has 5 heteroatoms. The second-order valence-corrected chi connectivity index (χ2v) is 5.46. The summed E-state index contributed by atoms with van der Waals surface area (Å²) in [6, 6.07) is 9.47. The van der Waals surface area contributed by atoms with E-state index >= 15 is 0 Å². The molecule has 0 radical (unpaired) electrons. The number of amides is 1. The molecule has 1 N–H and O–H groups in total. The van der Waals surface area contributed by atoms with Gasteiger partial charge in [-0.2, -0.15) is 0 Å². The molecule has 0 unspecified atom stereocenters. The summed E-state index contributed by atoms with van der Waals surface area (Å²) in [7, 11) is 3.89. The second-order valence-electron chi connectivity index (χ2n) is 4.03.